The third-order valence-corrected chi connectivity index (χ3v) is 3.28. The normalized spacial score (nSPS) is 10.8. The standard InChI is InChI=1S/C18H26N2O4/c1-12(2)11-20(10-9-16(21)22)18(24)15-7-5-14(6-8-15)17(23)19-13(3)4/h5-8,12-13H,9-11H2,1-4H3,(H,19,23)(H,21,22). The number of carbonyl (C=O) groups excluding carboxylic acids is 2. The van der Waals surface area contributed by atoms with E-state index in [4.69, 9.17) is 5.11 Å². The smallest absolute Gasteiger partial charge is 0.305 e. The molecule has 0 heterocycles. The highest BCUT2D eigenvalue weighted by Gasteiger charge is 2.18. The van der Waals surface area contributed by atoms with Crippen molar-refractivity contribution in [1.29, 1.82) is 0 Å². The van der Waals surface area contributed by atoms with Gasteiger partial charge in [-0.1, -0.05) is 13.8 Å². The Balaban J connectivity index is 2.86. The lowest BCUT2D eigenvalue weighted by molar-refractivity contribution is -0.137. The molecular weight excluding hydrogens is 308 g/mol. The van der Waals surface area contributed by atoms with Crippen LogP contribution >= 0.6 is 0 Å². The summed E-state index contributed by atoms with van der Waals surface area (Å²) in [4.78, 5) is 36.8. The molecule has 0 aliphatic heterocycles. The van der Waals surface area contributed by atoms with Crippen LogP contribution in [0.4, 0.5) is 0 Å². The van der Waals surface area contributed by atoms with Crippen molar-refractivity contribution in [3.63, 3.8) is 0 Å². The van der Waals surface area contributed by atoms with Crippen molar-refractivity contribution in [2.75, 3.05) is 13.1 Å². The van der Waals surface area contributed by atoms with Gasteiger partial charge in [-0.25, -0.2) is 0 Å². The molecule has 1 aromatic carbocycles. The first-order chi connectivity index (χ1) is 11.2. The minimum absolute atomic E-state index is 0.0383. The van der Waals surface area contributed by atoms with Gasteiger partial charge in [0.05, 0.1) is 6.42 Å². The zero-order valence-corrected chi connectivity index (χ0v) is 14.7. The maximum atomic E-state index is 12.6. The van der Waals surface area contributed by atoms with Crippen LogP contribution in [0.15, 0.2) is 24.3 Å². The minimum atomic E-state index is -0.933. The molecule has 0 saturated carbocycles. The Labute approximate surface area is 142 Å². The lowest BCUT2D eigenvalue weighted by Gasteiger charge is -2.24. The molecule has 0 saturated heterocycles. The molecule has 2 N–H and O–H groups in total. The van der Waals surface area contributed by atoms with E-state index in [0.717, 1.165) is 0 Å². The molecule has 0 fully saturated rings. The predicted octanol–water partition coefficient (Wildman–Crippen LogP) is 2.40. The number of amides is 2. The van der Waals surface area contributed by atoms with Crippen LogP contribution in [0.1, 0.15) is 54.8 Å². The molecular formula is C18H26N2O4. The van der Waals surface area contributed by atoms with E-state index in [1.807, 2.05) is 27.7 Å². The fourth-order valence-corrected chi connectivity index (χ4v) is 2.24. The number of rotatable bonds is 8. The maximum absolute atomic E-state index is 12.6. The predicted molar refractivity (Wildman–Crippen MR) is 92.0 cm³/mol. The number of carbonyl (C=O) groups is 3. The van der Waals surface area contributed by atoms with Gasteiger partial charge in [-0.15, -0.1) is 0 Å². The summed E-state index contributed by atoms with van der Waals surface area (Å²) in [7, 11) is 0. The summed E-state index contributed by atoms with van der Waals surface area (Å²) in [5.41, 5.74) is 0.934. The van der Waals surface area contributed by atoms with Crippen molar-refractivity contribution in [3.8, 4) is 0 Å². The first kappa shape index (κ1) is 19.7. The summed E-state index contributed by atoms with van der Waals surface area (Å²) in [6.45, 7) is 8.36. The van der Waals surface area contributed by atoms with Gasteiger partial charge >= 0.3 is 5.97 Å². The van der Waals surface area contributed by atoms with E-state index in [9.17, 15) is 14.4 Å². The number of benzene rings is 1. The molecule has 0 spiro atoms. The highest BCUT2D eigenvalue weighted by Crippen LogP contribution is 2.11. The average molecular weight is 334 g/mol. The second-order valence-corrected chi connectivity index (χ2v) is 6.49. The molecule has 0 aromatic heterocycles. The fourth-order valence-electron chi connectivity index (χ4n) is 2.24. The van der Waals surface area contributed by atoms with Crippen molar-refractivity contribution >= 4 is 17.8 Å². The van der Waals surface area contributed by atoms with Gasteiger partial charge in [-0.05, 0) is 44.0 Å². The van der Waals surface area contributed by atoms with Crippen LogP contribution in [0.2, 0.25) is 0 Å². The number of hydrogen-bond donors (Lipinski definition) is 2. The first-order valence-corrected chi connectivity index (χ1v) is 8.12. The van der Waals surface area contributed by atoms with Crippen molar-refractivity contribution in [2.24, 2.45) is 5.92 Å². The molecule has 0 unspecified atom stereocenters. The van der Waals surface area contributed by atoms with E-state index >= 15 is 0 Å². The summed E-state index contributed by atoms with van der Waals surface area (Å²) < 4.78 is 0. The van der Waals surface area contributed by atoms with Crippen LogP contribution < -0.4 is 5.32 Å². The Morgan fingerprint density at radius 1 is 1.04 bits per heavy atom. The third kappa shape index (κ3) is 6.40. The summed E-state index contributed by atoms with van der Waals surface area (Å²) in [5, 5.41) is 11.6. The van der Waals surface area contributed by atoms with E-state index < -0.39 is 5.97 Å². The monoisotopic (exact) mass is 334 g/mol. The van der Waals surface area contributed by atoms with Crippen LogP contribution in [-0.2, 0) is 4.79 Å². The van der Waals surface area contributed by atoms with Gasteiger partial charge in [0.1, 0.15) is 0 Å². The molecule has 1 aromatic rings. The van der Waals surface area contributed by atoms with Crippen LogP contribution in [0.25, 0.3) is 0 Å². The fraction of sp³-hybridized carbons (Fsp3) is 0.500. The van der Waals surface area contributed by atoms with Gasteiger partial charge in [0.25, 0.3) is 11.8 Å². The zero-order chi connectivity index (χ0) is 18.3. The SMILES string of the molecule is CC(C)CN(CCC(=O)O)C(=O)c1ccc(C(=O)NC(C)C)cc1. The second-order valence-electron chi connectivity index (χ2n) is 6.49. The lowest BCUT2D eigenvalue weighted by Crippen LogP contribution is -2.36. The Hall–Kier alpha value is -2.37. The van der Waals surface area contributed by atoms with Crippen LogP contribution in [0, 0.1) is 5.92 Å². The van der Waals surface area contributed by atoms with Crippen molar-refractivity contribution < 1.29 is 19.5 Å². The number of aliphatic carboxylic acids is 1. The molecule has 0 aliphatic rings. The molecule has 2 amide bonds. The largest absolute Gasteiger partial charge is 0.481 e. The summed E-state index contributed by atoms with van der Waals surface area (Å²) in [6, 6.07) is 6.46. The third-order valence-electron chi connectivity index (χ3n) is 3.28. The maximum Gasteiger partial charge on any atom is 0.305 e. The number of hydrogen-bond acceptors (Lipinski definition) is 3. The zero-order valence-electron chi connectivity index (χ0n) is 14.7. The van der Waals surface area contributed by atoms with E-state index in [1.165, 1.54) is 0 Å². The Morgan fingerprint density at radius 2 is 1.58 bits per heavy atom. The van der Waals surface area contributed by atoms with Crippen LogP contribution in [-0.4, -0.2) is 46.9 Å². The van der Waals surface area contributed by atoms with E-state index in [2.05, 4.69) is 5.32 Å². The second kappa shape index (κ2) is 9.05. The topological polar surface area (TPSA) is 86.7 Å². The molecule has 6 nitrogen and oxygen atoms in total. The number of carboxylic acid groups (broad SMARTS) is 1. The Morgan fingerprint density at radius 3 is 2.04 bits per heavy atom. The molecule has 6 heteroatoms. The number of nitrogens with zero attached hydrogens (tertiary/aromatic N) is 1. The highest BCUT2D eigenvalue weighted by atomic mass is 16.4. The molecule has 0 atom stereocenters. The molecule has 24 heavy (non-hydrogen) atoms. The van der Waals surface area contributed by atoms with E-state index in [-0.39, 0.29) is 36.7 Å². The molecule has 1 rings (SSSR count). The summed E-state index contributed by atoms with van der Waals surface area (Å²) in [6.07, 6.45) is -0.0899. The highest BCUT2D eigenvalue weighted by molar-refractivity contribution is 5.98. The average Bonchev–Trinajstić information content (AvgIpc) is 2.49. The molecule has 0 radical (unpaired) electrons. The first-order valence-electron chi connectivity index (χ1n) is 8.12. The van der Waals surface area contributed by atoms with Crippen molar-refractivity contribution in [3.05, 3.63) is 35.4 Å². The summed E-state index contributed by atoms with van der Waals surface area (Å²) in [5.74, 6) is -1.11. The van der Waals surface area contributed by atoms with Crippen molar-refractivity contribution in [1.82, 2.24) is 10.2 Å². The minimum Gasteiger partial charge on any atom is -0.481 e. The Kier molecular flexibility index (Phi) is 7.42. The lowest BCUT2D eigenvalue weighted by atomic mass is 10.1. The molecule has 132 valence electrons. The number of nitrogens with one attached hydrogen (secondary N) is 1. The van der Waals surface area contributed by atoms with E-state index in [0.29, 0.717) is 17.7 Å². The molecule has 0 bridgehead atoms. The molecule has 0 aliphatic carbocycles. The van der Waals surface area contributed by atoms with Crippen molar-refractivity contribution in [2.45, 2.75) is 40.2 Å². The Bertz CT molecular complexity index is 579. The van der Waals surface area contributed by atoms with Gasteiger partial charge < -0.3 is 15.3 Å². The van der Waals surface area contributed by atoms with Gasteiger partial charge in [0.2, 0.25) is 0 Å². The number of carboxylic acids is 1. The van der Waals surface area contributed by atoms with Gasteiger partial charge in [-0.2, -0.15) is 0 Å². The summed E-state index contributed by atoms with van der Waals surface area (Å²) >= 11 is 0. The van der Waals surface area contributed by atoms with E-state index in [1.54, 1.807) is 29.2 Å². The van der Waals surface area contributed by atoms with Crippen LogP contribution in [0.3, 0.4) is 0 Å². The van der Waals surface area contributed by atoms with Gasteiger partial charge in [-0.3, -0.25) is 14.4 Å². The van der Waals surface area contributed by atoms with Gasteiger partial charge in [0, 0.05) is 30.3 Å². The van der Waals surface area contributed by atoms with Gasteiger partial charge in [0.15, 0.2) is 0 Å². The quantitative estimate of drug-likeness (QED) is 0.764. The van der Waals surface area contributed by atoms with Crippen LogP contribution in [0.5, 0.6) is 0 Å².